The Morgan fingerprint density at radius 2 is 1.77 bits per heavy atom. The fourth-order valence-corrected chi connectivity index (χ4v) is 4.87. The summed E-state index contributed by atoms with van der Waals surface area (Å²) >= 11 is 0. The van der Waals surface area contributed by atoms with Crippen molar-refractivity contribution in [2.45, 2.75) is 37.7 Å². The third-order valence-electron chi connectivity index (χ3n) is 6.45. The monoisotopic (exact) mass is 353 g/mol. The lowest BCUT2D eigenvalue weighted by Crippen LogP contribution is -2.47. The van der Waals surface area contributed by atoms with Gasteiger partial charge in [0.25, 0.3) is 0 Å². The highest BCUT2D eigenvalue weighted by Crippen LogP contribution is 2.45. The van der Waals surface area contributed by atoms with Gasteiger partial charge in [-0.05, 0) is 73.7 Å². The van der Waals surface area contributed by atoms with Crippen molar-refractivity contribution in [3.8, 4) is 0 Å². The lowest BCUT2D eigenvalue weighted by Gasteiger charge is -2.47. The average molecular weight is 353 g/mol. The first-order valence-corrected chi connectivity index (χ1v) is 9.87. The van der Waals surface area contributed by atoms with Crippen LogP contribution in [0.1, 0.15) is 36.8 Å². The van der Waals surface area contributed by atoms with Crippen LogP contribution < -0.4 is 0 Å². The third-order valence-corrected chi connectivity index (χ3v) is 6.45. The van der Waals surface area contributed by atoms with Crippen molar-refractivity contribution >= 4 is 0 Å². The van der Waals surface area contributed by atoms with E-state index in [9.17, 15) is 9.50 Å². The zero-order valence-corrected chi connectivity index (χ0v) is 15.3. The summed E-state index contributed by atoms with van der Waals surface area (Å²) in [6, 6.07) is 17.1. The molecule has 3 unspecified atom stereocenters. The molecule has 1 saturated heterocycles. The minimum Gasteiger partial charge on any atom is -0.385 e. The fraction of sp³-hybridized carbons (Fsp3) is 0.478. The van der Waals surface area contributed by atoms with Crippen LogP contribution in [0.2, 0.25) is 0 Å². The highest BCUT2D eigenvalue weighted by molar-refractivity contribution is 5.24. The smallest absolute Gasteiger partial charge is 0.123 e. The SMILES string of the molecule is OC1(c2ccc(F)cc2)CCC2CN(CCc3ccccc3)CCC2C1. The normalized spacial score (nSPS) is 29.3. The van der Waals surface area contributed by atoms with Gasteiger partial charge in [-0.3, -0.25) is 0 Å². The van der Waals surface area contributed by atoms with Gasteiger partial charge >= 0.3 is 0 Å². The molecule has 0 amide bonds. The van der Waals surface area contributed by atoms with E-state index in [2.05, 4.69) is 35.2 Å². The number of nitrogens with zero attached hydrogens (tertiary/aromatic N) is 1. The van der Waals surface area contributed by atoms with Gasteiger partial charge in [0, 0.05) is 13.1 Å². The summed E-state index contributed by atoms with van der Waals surface area (Å²) in [4.78, 5) is 2.59. The Bertz CT molecular complexity index is 717. The molecule has 2 aromatic rings. The van der Waals surface area contributed by atoms with Gasteiger partial charge < -0.3 is 10.0 Å². The van der Waals surface area contributed by atoms with E-state index < -0.39 is 5.60 Å². The zero-order valence-electron chi connectivity index (χ0n) is 15.3. The first-order valence-electron chi connectivity index (χ1n) is 9.87. The Morgan fingerprint density at radius 1 is 1.00 bits per heavy atom. The Kier molecular flexibility index (Phi) is 5.10. The summed E-state index contributed by atoms with van der Waals surface area (Å²) in [7, 11) is 0. The summed E-state index contributed by atoms with van der Waals surface area (Å²) in [6.45, 7) is 3.39. The van der Waals surface area contributed by atoms with E-state index in [1.807, 2.05) is 0 Å². The molecule has 2 aromatic carbocycles. The molecule has 1 N–H and O–H groups in total. The zero-order chi connectivity index (χ0) is 18.0. The maximum atomic E-state index is 13.2. The Morgan fingerprint density at radius 3 is 2.54 bits per heavy atom. The Hall–Kier alpha value is -1.71. The second kappa shape index (κ2) is 7.50. The predicted octanol–water partition coefficient (Wildman–Crippen LogP) is 4.38. The van der Waals surface area contributed by atoms with E-state index in [4.69, 9.17) is 0 Å². The lowest BCUT2D eigenvalue weighted by molar-refractivity contribution is -0.0606. The highest BCUT2D eigenvalue weighted by Gasteiger charge is 2.42. The third kappa shape index (κ3) is 3.84. The number of aliphatic hydroxyl groups is 1. The summed E-state index contributed by atoms with van der Waals surface area (Å²) in [5, 5.41) is 11.2. The number of hydrogen-bond donors (Lipinski definition) is 1. The second-order valence-electron chi connectivity index (χ2n) is 8.13. The van der Waals surface area contributed by atoms with Gasteiger partial charge in [-0.25, -0.2) is 4.39 Å². The largest absolute Gasteiger partial charge is 0.385 e. The van der Waals surface area contributed by atoms with Crippen molar-refractivity contribution in [3.05, 3.63) is 71.5 Å². The average Bonchev–Trinajstić information content (AvgIpc) is 2.67. The van der Waals surface area contributed by atoms with Crippen molar-refractivity contribution in [1.29, 1.82) is 0 Å². The molecule has 2 aliphatic rings. The first-order chi connectivity index (χ1) is 12.6. The molecule has 0 bridgehead atoms. The number of likely N-dealkylation sites (tertiary alicyclic amines) is 1. The van der Waals surface area contributed by atoms with E-state index in [1.165, 1.54) is 17.7 Å². The van der Waals surface area contributed by atoms with Crippen LogP contribution in [0.5, 0.6) is 0 Å². The maximum absolute atomic E-state index is 13.2. The number of piperidine rings is 1. The molecular formula is C23H28FNO. The van der Waals surface area contributed by atoms with Gasteiger partial charge in [0.2, 0.25) is 0 Å². The molecule has 0 spiro atoms. The van der Waals surface area contributed by atoms with Crippen LogP contribution in [0.25, 0.3) is 0 Å². The second-order valence-corrected chi connectivity index (χ2v) is 8.13. The number of halogens is 1. The molecule has 0 radical (unpaired) electrons. The minimum atomic E-state index is -0.777. The van der Waals surface area contributed by atoms with Gasteiger partial charge in [0.05, 0.1) is 5.60 Å². The fourth-order valence-electron chi connectivity index (χ4n) is 4.87. The molecular weight excluding hydrogens is 325 g/mol. The number of rotatable bonds is 4. The van der Waals surface area contributed by atoms with E-state index >= 15 is 0 Å². The topological polar surface area (TPSA) is 23.5 Å². The van der Waals surface area contributed by atoms with E-state index in [0.29, 0.717) is 11.8 Å². The Balaban J connectivity index is 1.34. The minimum absolute atomic E-state index is 0.238. The van der Waals surface area contributed by atoms with Crippen LogP contribution in [-0.4, -0.2) is 29.6 Å². The molecule has 1 aliphatic carbocycles. The molecule has 3 atom stereocenters. The molecule has 1 aliphatic heterocycles. The van der Waals surface area contributed by atoms with Crippen molar-refractivity contribution in [1.82, 2.24) is 4.90 Å². The van der Waals surface area contributed by atoms with Gasteiger partial charge in [-0.15, -0.1) is 0 Å². The van der Waals surface area contributed by atoms with E-state index in [-0.39, 0.29) is 5.82 Å². The van der Waals surface area contributed by atoms with Crippen molar-refractivity contribution in [3.63, 3.8) is 0 Å². The first kappa shape index (κ1) is 17.7. The lowest BCUT2D eigenvalue weighted by atomic mass is 9.66. The molecule has 26 heavy (non-hydrogen) atoms. The molecule has 0 aromatic heterocycles. The molecule has 138 valence electrons. The van der Waals surface area contributed by atoms with Gasteiger partial charge in [-0.1, -0.05) is 42.5 Å². The standard InChI is InChI=1S/C23H28FNO/c24-22-8-6-21(7-9-22)23(26)13-10-20-17-25(15-12-19(20)16-23)14-11-18-4-2-1-3-5-18/h1-9,19-20,26H,10-17H2. The van der Waals surface area contributed by atoms with Crippen LogP contribution >= 0.6 is 0 Å². The number of benzene rings is 2. The van der Waals surface area contributed by atoms with E-state index in [1.54, 1.807) is 12.1 Å². The molecule has 2 fully saturated rings. The number of fused-ring (bicyclic) bond motifs is 1. The molecule has 1 saturated carbocycles. The van der Waals surface area contributed by atoms with Gasteiger partial charge in [0.15, 0.2) is 0 Å². The molecule has 3 heteroatoms. The molecule has 1 heterocycles. The van der Waals surface area contributed by atoms with Gasteiger partial charge in [-0.2, -0.15) is 0 Å². The highest BCUT2D eigenvalue weighted by atomic mass is 19.1. The summed E-state index contributed by atoms with van der Waals surface area (Å²) < 4.78 is 13.2. The maximum Gasteiger partial charge on any atom is 0.123 e. The van der Waals surface area contributed by atoms with Crippen LogP contribution in [0.4, 0.5) is 4.39 Å². The molecule has 4 rings (SSSR count). The van der Waals surface area contributed by atoms with Crippen molar-refractivity contribution in [2.75, 3.05) is 19.6 Å². The summed E-state index contributed by atoms with van der Waals surface area (Å²) in [5.41, 5.74) is 1.51. The van der Waals surface area contributed by atoms with Crippen LogP contribution in [0.3, 0.4) is 0 Å². The van der Waals surface area contributed by atoms with Gasteiger partial charge in [0.1, 0.15) is 5.82 Å². The van der Waals surface area contributed by atoms with Crippen LogP contribution in [-0.2, 0) is 12.0 Å². The van der Waals surface area contributed by atoms with E-state index in [0.717, 1.165) is 57.3 Å². The molecule has 2 nitrogen and oxygen atoms in total. The predicted molar refractivity (Wildman–Crippen MR) is 102 cm³/mol. The quantitative estimate of drug-likeness (QED) is 0.882. The van der Waals surface area contributed by atoms with Crippen LogP contribution in [0, 0.1) is 17.7 Å². The summed E-state index contributed by atoms with van der Waals surface area (Å²) in [5.74, 6) is 1.02. The van der Waals surface area contributed by atoms with Crippen LogP contribution in [0.15, 0.2) is 54.6 Å². The summed E-state index contributed by atoms with van der Waals surface area (Å²) in [6.07, 6.45) is 4.92. The number of hydrogen-bond acceptors (Lipinski definition) is 2. The Labute approximate surface area is 155 Å². The van der Waals surface area contributed by atoms with Crippen molar-refractivity contribution in [2.24, 2.45) is 11.8 Å². The van der Waals surface area contributed by atoms with Crippen molar-refractivity contribution < 1.29 is 9.50 Å².